The van der Waals surface area contributed by atoms with Crippen molar-refractivity contribution in [1.29, 1.82) is 0 Å². The number of unbranched alkanes of at least 4 members (excludes halogenated alkanes) is 1. The van der Waals surface area contributed by atoms with Crippen LogP contribution in [0, 0.1) is 0 Å². The molecule has 0 saturated carbocycles. The van der Waals surface area contributed by atoms with E-state index < -0.39 is 0 Å². The van der Waals surface area contributed by atoms with Gasteiger partial charge >= 0.3 is 5.97 Å². The highest BCUT2D eigenvalue weighted by atomic mass is 79.9. The number of esters is 1. The second kappa shape index (κ2) is 9.55. The van der Waals surface area contributed by atoms with E-state index in [-0.39, 0.29) is 24.3 Å². The number of aryl methyl sites for hydroxylation is 1. The molecular formula is C16H22BrNO3. The lowest BCUT2D eigenvalue weighted by atomic mass is 10.1. The van der Waals surface area contributed by atoms with Gasteiger partial charge in [0.1, 0.15) is 0 Å². The van der Waals surface area contributed by atoms with Crippen LogP contribution < -0.4 is 5.32 Å². The Morgan fingerprint density at radius 3 is 2.52 bits per heavy atom. The van der Waals surface area contributed by atoms with Crippen LogP contribution in [-0.2, 0) is 20.7 Å². The molecule has 1 amide bonds. The highest BCUT2D eigenvalue weighted by Gasteiger charge is 2.11. The monoisotopic (exact) mass is 355 g/mol. The Bertz CT molecular complexity index is 459. The summed E-state index contributed by atoms with van der Waals surface area (Å²) in [5.74, 6) is -0.319. The number of halogens is 1. The summed E-state index contributed by atoms with van der Waals surface area (Å²) >= 11 is 3.41. The second-order valence-corrected chi connectivity index (χ2v) is 6.00. The maximum atomic E-state index is 11.7. The van der Waals surface area contributed by atoms with Crippen molar-refractivity contribution in [3.63, 3.8) is 0 Å². The van der Waals surface area contributed by atoms with Crippen molar-refractivity contribution in [2.45, 2.75) is 45.1 Å². The van der Waals surface area contributed by atoms with Crippen LogP contribution in [0.15, 0.2) is 28.7 Å². The minimum absolute atomic E-state index is 0.0118. The zero-order chi connectivity index (χ0) is 15.7. The number of nitrogens with one attached hydrogen (secondary N) is 1. The SMILES string of the molecule is COC(=O)CC(C)NC(=O)CCCCc1ccc(Br)cc1. The van der Waals surface area contributed by atoms with Crippen LogP contribution in [0.25, 0.3) is 0 Å². The number of ether oxygens (including phenoxy) is 1. The van der Waals surface area contributed by atoms with E-state index in [0.29, 0.717) is 6.42 Å². The third kappa shape index (κ3) is 7.85. The number of rotatable bonds is 8. The summed E-state index contributed by atoms with van der Waals surface area (Å²) in [4.78, 5) is 22.8. The molecule has 5 heteroatoms. The Morgan fingerprint density at radius 2 is 1.90 bits per heavy atom. The topological polar surface area (TPSA) is 55.4 Å². The van der Waals surface area contributed by atoms with E-state index in [1.165, 1.54) is 12.7 Å². The Balaban J connectivity index is 2.15. The molecule has 0 spiro atoms. The zero-order valence-electron chi connectivity index (χ0n) is 12.5. The van der Waals surface area contributed by atoms with Gasteiger partial charge in [-0.25, -0.2) is 0 Å². The molecule has 0 aliphatic heterocycles. The van der Waals surface area contributed by atoms with Gasteiger partial charge in [-0.2, -0.15) is 0 Å². The Labute approximate surface area is 134 Å². The molecule has 116 valence electrons. The number of benzene rings is 1. The molecule has 0 saturated heterocycles. The molecule has 1 aromatic carbocycles. The standard InChI is InChI=1S/C16H22BrNO3/c1-12(11-16(20)21-2)18-15(19)6-4-3-5-13-7-9-14(17)10-8-13/h7-10,12H,3-6,11H2,1-2H3,(H,18,19). The molecule has 1 aromatic rings. The van der Waals surface area contributed by atoms with Crippen LogP contribution >= 0.6 is 15.9 Å². The number of hydrogen-bond donors (Lipinski definition) is 1. The smallest absolute Gasteiger partial charge is 0.307 e. The first kappa shape index (κ1) is 17.7. The first-order valence-corrected chi connectivity index (χ1v) is 7.91. The fourth-order valence-corrected chi connectivity index (χ4v) is 2.26. The van der Waals surface area contributed by atoms with Crippen LogP contribution in [0.2, 0.25) is 0 Å². The molecule has 0 aromatic heterocycles. The van der Waals surface area contributed by atoms with Gasteiger partial charge < -0.3 is 10.1 Å². The summed E-state index contributed by atoms with van der Waals surface area (Å²) in [5, 5.41) is 2.81. The van der Waals surface area contributed by atoms with Gasteiger partial charge in [0, 0.05) is 16.9 Å². The summed E-state index contributed by atoms with van der Waals surface area (Å²) in [6, 6.07) is 8.04. The van der Waals surface area contributed by atoms with Gasteiger partial charge in [-0.3, -0.25) is 9.59 Å². The number of hydrogen-bond acceptors (Lipinski definition) is 3. The summed E-state index contributed by atoms with van der Waals surface area (Å²) in [7, 11) is 1.35. The lowest BCUT2D eigenvalue weighted by Crippen LogP contribution is -2.34. The van der Waals surface area contributed by atoms with Crippen molar-refractivity contribution in [3.8, 4) is 0 Å². The number of carbonyl (C=O) groups excluding carboxylic acids is 2. The van der Waals surface area contributed by atoms with E-state index in [4.69, 9.17) is 0 Å². The van der Waals surface area contributed by atoms with E-state index in [2.05, 4.69) is 38.1 Å². The summed E-state index contributed by atoms with van der Waals surface area (Å²) in [6.07, 6.45) is 3.48. The quantitative estimate of drug-likeness (QED) is 0.575. The molecule has 1 atom stereocenters. The highest BCUT2D eigenvalue weighted by molar-refractivity contribution is 9.10. The van der Waals surface area contributed by atoms with Gasteiger partial charge in [-0.1, -0.05) is 28.1 Å². The predicted molar refractivity (Wildman–Crippen MR) is 85.9 cm³/mol. The third-order valence-corrected chi connectivity index (χ3v) is 3.67. The van der Waals surface area contributed by atoms with Gasteiger partial charge in [0.15, 0.2) is 0 Å². The highest BCUT2D eigenvalue weighted by Crippen LogP contribution is 2.12. The van der Waals surface area contributed by atoms with E-state index in [9.17, 15) is 9.59 Å². The Hall–Kier alpha value is -1.36. The summed E-state index contributed by atoms with van der Waals surface area (Å²) in [6.45, 7) is 1.80. The van der Waals surface area contributed by atoms with Crippen LogP contribution in [0.5, 0.6) is 0 Å². The molecule has 0 aliphatic rings. The molecule has 4 nitrogen and oxygen atoms in total. The van der Waals surface area contributed by atoms with Crippen molar-refractivity contribution in [1.82, 2.24) is 5.32 Å². The molecule has 0 aliphatic carbocycles. The molecule has 0 fully saturated rings. The van der Waals surface area contributed by atoms with Gasteiger partial charge in [-0.05, 0) is 43.9 Å². The molecule has 1 unspecified atom stereocenters. The molecule has 0 radical (unpaired) electrons. The Morgan fingerprint density at radius 1 is 1.24 bits per heavy atom. The number of carbonyl (C=O) groups is 2. The van der Waals surface area contributed by atoms with Crippen LogP contribution in [0.3, 0.4) is 0 Å². The first-order chi connectivity index (χ1) is 10.0. The van der Waals surface area contributed by atoms with E-state index in [0.717, 1.165) is 23.7 Å². The predicted octanol–water partition coefficient (Wildman–Crippen LogP) is 3.23. The minimum atomic E-state index is -0.307. The van der Waals surface area contributed by atoms with Crippen LogP contribution in [-0.4, -0.2) is 25.0 Å². The van der Waals surface area contributed by atoms with Crippen molar-refractivity contribution in [3.05, 3.63) is 34.3 Å². The molecule has 1 N–H and O–H groups in total. The molecule has 0 bridgehead atoms. The molecular weight excluding hydrogens is 334 g/mol. The van der Waals surface area contributed by atoms with Crippen LogP contribution in [0.4, 0.5) is 0 Å². The van der Waals surface area contributed by atoms with E-state index in [1.54, 1.807) is 6.92 Å². The average molecular weight is 356 g/mol. The maximum Gasteiger partial charge on any atom is 0.307 e. The van der Waals surface area contributed by atoms with Gasteiger partial charge in [0.05, 0.1) is 13.5 Å². The number of amides is 1. The normalized spacial score (nSPS) is 11.8. The first-order valence-electron chi connectivity index (χ1n) is 7.12. The summed E-state index contributed by atoms with van der Waals surface area (Å²) in [5.41, 5.74) is 1.28. The minimum Gasteiger partial charge on any atom is -0.469 e. The average Bonchev–Trinajstić information content (AvgIpc) is 2.45. The van der Waals surface area contributed by atoms with Gasteiger partial charge in [0.25, 0.3) is 0 Å². The van der Waals surface area contributed by atoms with Crippen molar-refractivity contribution in [2.75, 3.05) is 7.11 Å². The van der Waals surface area contributed by atoms with E-state index in [1.807, 2.05) is 12.1 Å². The third-order valence-electron chi connectivity index (χ3n) is 3.14. The fourth-order valence-electron chi connectivity index (χ4n) is 2.00. The molecule has 0 heterocycles. The lowest BCUT2D eigenvalue weighted by Gasteiger charge is -2.12. The van der Waals surface area contributed by atoms with Crippen LogP contribution in [0.1, 0.15) is 38.2 Å². The Kier molecular flexibility index (Phi) is 8.05. The second-order valence-electron chi connectivity index (χ2n) is 5.08. The van der Waals surface area contributed by atoms with Crippen molar-refractivity contribution >= 4 is 27.8 Å². The van der Waals surface area contributed by atoms with Crippen molar-refractivity contribution < 1.29 is 14.3 Å². The largest absolute Gasteiger partial charge is 0.469 e. The van der Waals surface area contributed by atoms with Gasteiger partial charge in [-0.15, -0.1) is 0 Å². The lowest BCUT2D eigenvalue weighted by molar-refractivity contribution is -0.141. The summed E-state index contributed by atoms with van der Waals surface area (Å²) < 4.78 is 5.64. The molecule has 1 rings (SSSR count). The van der Waals surface area contributed by atoms with Gasteiger partial charge in [0.2, 0.25) is 5.91 Å². The molecule has 21 heavy (non-hydrogen) atoms. The maximum absolute atomic E-state index is 11.7. The zero-order valence-corrected chi connectivity index (χ0v) is 14.1. The van der Waals surface area contributed by atoms with Crippen molar-refractivity contribution in [2.24, 2.45) is 0 Å². The van der Waals surface area contributed by atoms with E-state index >= 15 is 0 Å². The fraction of sp³-hybridized carbons (Fsp3) is 0.500. The number of methoxy groups -OCH3 is 1.